The highest BCUT2D eigenvalue weighted by molar-refractivity contribution is 5.62. The maximum Gasteiger partial charge on any atom is 0.165 e. The number of piperidine rings is 1. The van der Waals surface area contributed by atoms with E-state index in [0.29, 0.717) is 23.5 Å². The Balaban J connectivity index is 1.89. The normalized spacial score (nSPS) is 51.3. The van der Waals surface area contributed by atoms with Crippen LogP contribution in [0.3, 0.4) is 0 Å². The molecule has 2 aliphatic heterocycles. The van der Waals surface area contributed by atoms with E-state index in [1.165, 1.54) is 13.2 Å². The number of ether oxygens (including phenoxy) is 2. The van der Waals surface area contributed by atoms with Crippen molar-refractivity contribution in [2.45, 2.75) is 36.4 Å². The van der Waals surface area contributed by atoms with Crippen LogP contribution in [-0.2, 0) is 11.8 Å². The first-order valence-corrected chi connectivity index (χ1v) is 7.54. The van der Waals surface area contributed by atoms with Crippen LogP contribution in [0.1, 0.15) is 25.8 Å². The molecule has 0 amide bonds. The Hall–Kier alpha value is -1.52. The molecule has 116 valence electrons. The summed E-state index contributed by atoms with van der Waals surface area (Å²) in [6.07, 6.45) is -0.478. The van der Waals surface area contributed by atoms with E-state index in [2.05, 4.69) is 0 Å². The number of rotatable bonds is 1. The molecule has 1 saturated heterocycles. The van der Waals surface area contributed by atoms with Crippen molar-refractivity contribution in [1.82, 2.24) is 4.90 Å². The Kier molecular flexibility index (Phi) is 1.54. The van der Waals surface area contributed by atoms with Crippen molar-refractivity contribution < 1.29 is 22.8 Å². The van der Waals surface area contributed by atoms with Crippen LogP contribution in [-0.4, -0.2) is 48.9 Å². The van der Waals surface area contributed by atoms with E-state index in [-0.39, 0.29) is 12.1 Å². The van der Waals surface area contributed by atoms with Gasteiger partial charge < -0.3 is 19.5 Å². The number of likely N-dealkylation sites (N-methyl/N-ethyl adjacent to an activating group) is 1. The molecule has 4 heteroatoms. The average molecular weight is 305 g/mol. The van der Waals surface area contributed by atoms with Gasteiger partial charge in [-0.05, 0) is 37.9 Å². The summed E-state index contributed by atoms with van der Waals surface area (Å²) in [4.78, 5) is 1.00. The number of hydrogen-bond acceptors (Lipinski definition) is 4. The Morgan fingerprint density at radius 2 is 2.45 bits per heavy atom. The largest absolute Gasteiger partial charge is 0.493 e. The lowest BCUT2D eigenvalue weighted by atomic mass is 9.53. The van der Waals surface area contributed by atoms with Gasteiger partial charge in [0.15, 0.2) is 11.5 Å². The van der Waals surface area contributed by atoms with Gasteiger partial charge in [-0.1, -0.05) is 18.2 Å². The number of benzene rings is 1. The van der Waals surface area contributed by atoms with Crippen LogP contribution in [0.15, 0.2) is 24.3 Å². The molecule has 1 aromatic rings. The monoisotopic (exact) mass is 305 g/mol. The highest BCUT2D eigenvalue weighted by atomic mass is 16.5. The van der Waals surface area contributed by atoms with E-state index in [9.17, 15) is 6.48 Å². The maximum absolute atomic E-state index is 10.7. The smallest absolute Gasteiger partial charge is 0.165 e. The third-order valence-electron chi connectivity index (χ3n) is 5.52. The zero-order valence-corrected chi connectivity index (χ0v) is 12.2. The van der Waals surface area contributed by atoms with Gasteiger partial charge in [0.1, 0.15) is 12.2 Å². The van der Waals surface area contributed by atoms with Crippen LogP contribution in [0.25, 0.3) is 0 Å². The van der Waals surface area contributed by atoms with Crippen molar-refractivity contribution in [3.63, 3.8) is 0 Å². The summed E-state index contributed by atoms with van der Waals surface area (Å²) >= 11 is 0. The van der Waals surface area contributed by atoms with Gasteiger partial charge in [-0.15, -0.1) is 0 Å². The SMILES string of the molecule is [2H]C([2H])([2H])N1CC[C@]23c4c5ccc(OC)c4OC2C(O)C=C[C@H]3[C@@]1([2H])C5([2H])[2H]. The summed E-state index contributed by atoms with van der Waals surface area (Å²) in [7, 11) is 1.50. The molecule has 2 aliphatic carbocycles. The molecule has 2 bridgehead atoms. The molecule has 5 atom stereocenters. The highest BCUT2D eigenvalue weighted by Gasteiger charge is 2.64. The molecule has 0 saturated carbocycles. The number of nitrogens with zero attached hydrogens (tertiary/aromatic N) is 1. The standard InChI is InChI=1S/C18H21NO3/c1-19-8-7-18-11-4-5-13(20)17(18)22-16-14(21-2)6-3-10(15(16)18)9-12(11)19/h3-6,11-13,17,20H,7-9H2,1-2H3/t11-,12+,13?,17?,18-/m0/s1/i1D3,9D2,12D. The number of likely N-dealkylation sites (tertiary alicyclic amines) is 1. The summed E-state index contributed by atoms with van der Waals surface area (Å²) in [6, 6.07) is 1.08. The quantitative estimate of drug-likeness (QED) is 0.799. The summed E-state index contributed by atoms with van der Waals surface area (Å²) in [5.74, 6) is 0.0458. The lowest BCUT2D eigenvalue weighted by Gasteiger charge is -2.56. The molecule has 2 unspecified atom stereocenters. The van der Waals surface area contributed by atoms with Crippen LogP contribution in [0.2, 0.25) is 0 Å². The average Bonchev–Trinajstić information content (AvgIpc) is 2.95. The third kappa shape index (κ3) is 1.28. The van der Waals surface area contributed by atoms with Gasteiger partial charge in [0.2, 0.25) is 0 Å². The topological polar surface area (TPSA) is 41.9 Å². The number of methoxy groups -OCH3 is 1. The molecule has 4 nitrogen and oxygen atoms in total. The fourth-order valence-electron chi connectivity index (χ4n) is 4.61. The summed E-state index contributed by atoms with van der Waals surface area (Å²) < 4.78 is 62.5. The zero-order chi connectivity index (χ0) is 20.3. The van der Waals surface area contributed by atoms with E-state index in [1.54, 1.807) is 18.2 Å². The van der Waals surface area contributed by atoms with Crippen LogP contribution < -0.4 is 9.47 Å². The van der Waals surface area contributed by atoms with Crippen molar-refractivity contribution >= 4 is 0 Å². The lowest BCUT2D eigenvalue weighted by molar-refractivity contribution is -0.0453. The van der Waals surface area contributed by atoms with Crippen LogP contribution in [0.4, 0.5) is 0 Å². The number of aliphatic hydroxyl groups excluding tert-OH is 1. The second kappa shape index (κ2) is 4.06. The minimum Gasteiger partial charge on any atom is -0.493 e. The molecule has 22 heavy (non-hydrogen) atoms. The minimum absolute atomic E-state index is 0.00647. The Labute approximate surface area is 138 Å². The summed E-state index contributed by atoms with van der Waals surface area (Å²) in [5.41, 5.74) is -0.0144. The van der Waals surface area contributed by atoms with Crippen molar-refractivity contribution in [2.75, 3.05) is 20.6 Å². The van der Waals surface area contributed by atoms with E-state index >= 15 is 0 Å². The van der Waals surface area contributed by atoms with Crippen LogP contribution in [0.5, 0.6) is 11.5 Å². The lowest BCUT2D eigenvalue weighted by Crippen LogP contribution is -2.64. The fraction of sp³-hybridized carbons (Fsp3) is 0.556. The molecule has 1 spiro atoms. The van der Waals surface area contributed by atoms with E-state index < -0.39 is 42.9 Å². The molecule has 0 radical (unpaired) electrons. The predicted octanol–water partition coefficient (Wildman–Crippen LogP) is 1.50. The molecule has 2 heterocycles. The van der Waals surface area contributed by atoms with Gasteiger partial charge in [0.25, 0.3) is 0 Å². The molecular formula is C18H21NO3. The van der Waals surface area contributed by atoms with E-state index in [4.69, 9.17) is 16.3 Å². The fourth-order valence-corrected chi connectivity index (χ4v) is 4.61. The Morgan fingerprint density at radius 3 is 3.27 bits per heavy atom. The third-order valence-corrected chi connectivity index (χ3v) is 5.52. The number of hydrogen-bond donors (Lipinski definition) is 1. The van der Waals surface area contributed by atoms with Gasteiger partial charge in [0.05, 0.1) is 7.11 Å². The van der Waals surface area contributed by atoms with Crippen molar-refractivity contribution in [3.05, 3.63) is 35.4 Å². The molecule has 1 aromatic carbocycles. The molecule has 1 fully saturated rings. The molecular weight excluding hydrogens is 278 g/mol. The molecule has 0 aromatic heterocycles. The second-order valence-electron chi connectivity index (χ2n) is 6.36. The Bertz CT molecular complexity index is 902. The molecule has 5 rings (SSSR count). The van der Waals surface area contributed by atoms with E-state index in [1.807, 2.05) is 0 Å². The predicted molar refractivity (Wildman–Crippen MR) is 82.5 cm³/mol. The van der Waals surface area contributed by atoms with Gasteiger partial charge in [-0.3, -0.25) is 0 Å². The first-order valence-electron chi connectivity index (χ1n) is 10.5. The maximum atomic E-state index is 10.7. The van der Waals surface area contributed by atoms with Crippen LogP contribution >= 0.6 is 0 Å². The zero-order valence-electron chi connectivity index (χ0n) is 18.2. The highest BCUT2D eigenvalue weighted by Crippen LogP contribution is 2.62. The van der Waals surface area contributed by atoms with Crippen molar-refractivity contribution in [2.24, 2.45) is 5.92 Å². The second-order valence-corrected chi connectivity index (χ2v) is 6.36. The van der Waals surface area contributed by atoms with Gasteiger partial charge in [0, 0.05) is 31.1 Å². The summed E-state index contributed by atoms with van der Waals surface area (Å²) in [6.45, 7) is -2.62. The van der Waals surface area contributed by atoms with Crippen molar-refractivity contribution in [1.29, 1.82) is 0 Å². The van der Waals surface area contributed by atoms with Crippen LogP contribution in [0, 0.1) is 5.92 Å². The first kappa shape index (κ1) is 8.37. The van der Waals surface area contributed by atoms with Crippen molar-refractivity contribution in [3.8, 4) is 11.5 Å². The van der Waals surface area contributed by atoms with Gasteiger partial charge >= 0.3 is 0 Å². The molecule has 1 N–H and O–H groups in total. The first-order chi connectivity index (χ1) is 13.0. The minimum atomic E-state index is -2.62. The number of aliphatic hydroxyl groups is 1. The Morgan fingerprint density at radius 1 is 1.55 bits per heavy atom. The van der Waals surface area contributed by atoms with Gasteiger partial charge in [-0.2, -0.15) is 0 Å². The van der Waals surface area contributed by atoms with E-state index in [0.717, 1.165) is 4.90 Å². The molecule has 4 aliphatic rings. The summed E-state index contributed by atoms with van der Waals surface area (Å²) in [5, 5.41) is 10.7. The van der Waals surface area contributed by atoms with Gasteiger partial charge in [-0.25, -0.2) is 0 Å².